The standard InChI is InChI=1S/C15H16FNO4S/c1-8(15(19)20)6-17-14(18)13-9(7-21-2)12-10(16)4-3-5-11(12)22-13/h3-5,8H,6-7H2,1-2H3,(H,17,18)(H,19,20). The summed E-state index contributed by atoms with van der Waals surface area (Å²) in [6, 6.07) is 4.65. The van der Waals surface area contributed by atoms with Gasteiger partial charge in [0.1, 0.15) is 5.82 Å². The van der Waals surface area contributed by atoms with Crippen molar-refractivity contribution in [3.8, 4) is 0 Å². The minimum absolute atomic E-state index is 0.0112. The van der Waals surface area contributed by atoms with Crippen LogP contribution in [-0.4, -0.2) is 30.6 Å². The van der Waals surface area contributed by atoms with Gasteiger partial charge in [-0.05, 0) is 12.1 Å². The molecular weight excluding hydrogens is 309 g/mol. The van der Waals surface area contributed by atoms with Crippen LogP contribution in [0.2, 0.25) is 0 Å². The molecule has 0 aliphatic rings. The molecule has 0 saturated heterocycles. The van der Waals surface area contributed by atoms with E-state index in [-0.39, 0.29) is 13.2 Å². The first kappa shape index (κ1) is 16.4. The summed E-state index contributed by atoms with van der Waals surface area (Å²) in [5, 5.41) is 11.8. The van der Waals surface area contributed by atoms with Crippen LogP contribution in [0.25, 0.3) is 10.1 Å². The van der Waals surface area contributed by atoms with Crippen LogP contribution in [-0.2, 0) is 16.1 Å². The molecule has 1 atom stereocenters. The Balaban J connectivity index is 2.33. The molecule has 1 aromatic carbocycles. The van der Waals surface area contributed by atoms with Gasteiger partial charge < -0.3 is 15.2 Å². The van der Waals surface area contributed by atoms with E-state index in [0.29, 0.717) is 20.5 Å². The number of aliphatic carboxylic acids is 1. The van der Waals surface area contributed by atoms with Gasteiger partial charge >= 0.3 is 5.97 Å². The van der Waals surface area contributed by atoms with Gasteiger partial charge in [-0.2, -0.15) is 0 Å². The first-order chi connectivity index (χ1) is 10.5. The van der Waals surface area contributed by atoms with E-state index < -0.39 is 23.6 Å². The van der Waals surface area contributed by atoms with Crippen molar-refractivity contribution < 1.29 is 23.8 Å². The lowest BCUT2D eigenvalue weighted by Crippen LogP contribution is -2.31. The number of benzene rings is 1. The predicted molar refractivity (Wildman–Crippen MR) is 81.6 cm³/mol. The second kappa shape index (κ2) is 6.85. The van der Waals surface area contributed by atoms with Gasteiger partial charge in [-0.3, -0.25) is 9.59 Å². The number of fused-ring (bicyclic) bond motifs is 1. The fourth-order valence-electron chi connectivity index (χ4n) is 2.05. The molecule has 0 fully saturated rings. The van der Waals surface area contributed by atoms with Crippen LogP contribution >= 0.6 is 11.3 Å². The second-order valence-corrected chi connectivity index (χ2v) is 5.96. The Morgan fingerprint density at radius 2 is 2.18 bits per heavy atom. The van der Waals surface area contributed by atoms with Crippen LogP contribution in [0, 0.1) is 11.7 Å². The Morgan fingerprint density at radius 3 is 2.82 bits per heavy atom. The number of ether oxygens (including phenoxy) is 1. The molecule has 0 radical (unpaired) electrons. The number of hydrogen-bond donors (Lipinski definition) is 2. The normalized spacial score (nSPS) is 12.3. The van der Waals surface area contributed by atoms with Crippen molar-refractivity contribution >= 4 is 33.3 Å². The third-order valence-corrected chi connectivity index (χ3v) is 4.44. The molecule has 1 aromatic heterocycles. The summed E-state index contributed by atoms with van der Waals surface area (Å²) >= 11 is 1.17. The zero-order valence-corrected chi connectivity index (χ0v) is 13.0. The zero-order chi connectivity index (χ0) is 16.3. The van der Waals surface area contributed by atoms with Crippen molar-refractivity contribution in [3.63, 3.8) is 0 Å². The number of rotatable bonds is 6. The largest absolute Gasteiger partial charge is 0.481 e. The fraction of sp³-hybridized carbons (Fsp3) is 0.333. The van der Waals surface area contributed by atoms with Gasteiger partial charge in [0, 0.05) is 29.3 Å². The zero-order valence-electron chi connectivity index (χ0n) is 12.2. The summed E-state index contributed by atoms with van der Waals surface area (Å²) in [6.07, 6.45) is 0. The number of thiophene rings is 1. The summed E-state index contributed by atoms with van der Waals surface area (Å²) < 4.78 is 19.7. The lowest BCUT2D eigenvalue weighted by molar-refractivity contribution is -0.140. The van der Waals surface area contributed by atoms with Gasteiger partial charge in [-0.25, -0.2) is 4.39 Å². The molecule has 1 unspecified atom stereocenters. The van der Waals surface area contributed by atoms with E-state index in [9.17, 15) is 14.0 Å². The van der Waals surface area contributed by atoms with Gasteiger partial charge in [-0.1, -0.05) is 13.0 Å². The van der Waals surface area contributed by atoms with Gasteiger partial charge in [-0.15, -0.1) is 11.3 Å². The lowest BCUT2D eigenvalue weighted by atomic mass is 10.1. The molecule has 118 valence electrons. The molecular formula is C15H16FNO4S. The predicted octanol–water partition coefficient (Wildman–Crippen LogP) is 2.64. The maximum Gasteiger partial charge on any atom is 0.308 e. The lowest BCUT2D eigenvalue weighted by Gasteiger charge is -2.09. The number of carboxylic acids is 1. The van der Waals surface area contributed by atoms with Crippen LogP contribution in [0.1, 0.15) is 22.2 Å². The molecule has 1 amide bonds. The topological polar surface area (TPSA) is 75.6 Å². The van der Waals surface area contributed by atoms with E-state index in [0.717, 1.165) is 0 Å². The average molecular weight is 325 g/mol. The fourth-order valence-corrected chi connectivity index (χ4v) is 3.18. The van der Waals surface area contributed by atoms with Crippen LogP contribution in [0.4, 0.5) is 4.39 Å². The SMILES string of the molecule is COCc1c(C(=O)NCC(C)C(=O)O)sc2cccc(F)c12. The van der Waals surface area contributed by atoms with Gasteiger partial charge in [0.15, 0.2) is 0 Å². The number of methoxy groups -OCH3 is 1. The van der Waals surface area contributed by atoms with E-state index in [4.69, 9.17) is 9.84 Å². The Bertz CT molecular complexity index is 713. The molecule has 2 rings (SSSR count). The third kappa shape index (κ3) is 3.26. The summed E-state index contributed by atoms with van der Waals surface area (Å²) in [4.78, 5) is 23.4. The second-order valence-electron chi connectivity index (χ2n) is 4.91. The monoisotopic (exact) mass is 325 g/mol. The summed E-state index contributed by atoms with van der Waals surface area (Å²) in [5.41, 5.74) is 0.487. The number of amides is 1. The Morgan fingerprint density at radius 1 is 1.45 bits per heavy atom. The van der Waals surface area contributed by atoms with E-state index in [2.05, 4.69) is 5.32 Å². The minimum Gasteiger partial charge on any atom is -0.481 e. The van der Waals surface area contributed by atoms with Crippen molar-refractivity contribution in [3.05, 3.63) is 34.5 Å². The highest BCUT2D eigenvalue weighted by Crippen LogP contribution is 2.33. The Kier molecular flexibility index (Phi) is 5.10. The maximum absolute atomic E-state index is 14.0. The smallest absolute Gasteiger partial charge is 0.308 e. The number of carbonyl (C=O) groups is 2. The Labute approximate surface area is 130 Å². The molecule has 0 saturated carbocycles. The summed E-state index contributed by atoms with van der Waals surface area (Å²) in [7, 11) is 1.47. The van der Waals surface area contributed by atoms with Crippen LogP contribution in [0.15, 0.2) is 18.2 Å². The van der Waals surface area contributed by atoms with E-state index >= 15 is 0 Å². The van der Waals surface area contributed by atoms with Crippen LogP contribution in [0.5, 0.6) is 0 Å². The number of hydrogen-bond acceptors (Lipinski definition) is 4. The van der Waals surface area contributed by atoms with Crippen molar-refractivity contribution in [1.29, 1.82) is 0 Å². The summed E-state index contributed by atoms with van der Waals surface area (Å²) in [5.74, 6) is -2.50. The molecule has 2 N–H and O–H groups in total. The van der Waals surface area contributed by atoms with Crippen LogP contribution in [0.3, 0.4) is 0 Å². The highest BCUT2D eigenvalue weighted by atomic mass is 32.1. The highest BCUT2D eigenvalue weighted by Gasteiger charge is 2.21. The number of nitrogens with one attached hydrogen (secondary N) is 1. The molecule has 0 spiro atoms. The van der Waals surface area contributed by atoms with E-state index in [1.54, 1.807) is 12.1 Å². The number of halogens is 1. The molecule has 1 heterocycles. The summed E-state index contributed by atoms with van der Waals surface area (Å²) in [6.45, 7) is 1.62. The Hall–Kier alpha value is -1.99. The van der Waals surface area contributed by atoms with Crippen LogP contribution < -0.4 is 5.32 Å². The average Bonchev–Trinajstić information content (AvgIpc) is 2.85. The minimum atomic E-state index is -0.986. The first-order valence-electron chi connectivity index (χ1n) is 6.65. The number of carboxylic acid groups (broad SMARTS) is 1. The van der Waals surface area contributed by atoms with Gasteiger partial charge in [0.05, 0.1) is 17.4 Å². The molecule has 0 bridgehead atoms. The molecule has 5 nitrogen and oxygen atoms in total. The van der Waals surface area contributed by atoms with E-state index in [1.165, 1.54) is 31.4 Å². The molecule has 2 aromatic rings. The van der Waals surface area contributed by atoms with Gasteiger partial charge in [0.2, 0.25) is 0 Å². The first-order valence-corrected chi connectivity index (χ1v) is 7.47. The third-order valence-electron chi connectivity index (χ3n) is 3.25. The maximum atomic E-state index is 14.0. The van der Waals surface area contributed by atoms with E-state index in [1.807, 2.05) is 0 Å². The van der Waals surface area contributed by atoms with Crippen molar-refractivity contribution in [2.75, 3.05) is 13.7 Å². The molecule has 0 aliphatic carbocycles. The molecule has 22 heavy (non-hydrogen) atoms. The van der Waals surface area contributed by atoms with Crippen molar-refractivity contribution in [1.82, 2.24) is 5.32 Å². The highest BCUT2D eigenvalue weighted by molar-refractivity contribution is 7.21. The number of carbonyl (C=O) groups excluding carboxylic acids is 1. The molecule has 0 aliphatic heterocycles. The quantitative estimate of drug-likeness (QED) is 0.856. The van der Waals surface area contributed by atoms with Crippen molar-refractivity contribution in [2.24, 2.45) is 5.92 Å². The molecule has 7 heteroatoms. The van der Waals surface area contributed by atoms with Gasteiger partial charge in [0.25, 0.3) is 5.91 Å². The van der Waals surface area contributed by atoms with Crippen molar-refractivity contribution in [2.45, 2.75) is 13.5 Å².